The predicted molar refractivity (Wildman–Crippen MR) is 89.4 cm³/mol. The van der Waals surface area contributed by atoms with Gasteiger partial charge in [-0.2, -0.15) is 0 Å². The highest BCUT2D eigenvalue weighted by atomic mass is 19.1. The van der Waals surface area contributed by atoms with Crippen LogP contribution < -0.4 is 0 Å². The lowest BCUT2D eigenvalue weighted by molar-refractivity contribution is -0.0765. The number of halogens is 1. The van der Waals surface area contributed by atoms with Gasteiger partial charge in [-0.05, 0) is 49.6 Å². The second kappa shape index (κ2) is 6.69. The van der Waals surface area contributed by atoms with Crippen molar-refractivity contribution < 1.29 is 13.9 Å². The fraction of sp³-hybridized carbons (Fsp3) is 0.368. The van der Waals surface area contributed by atoms with Gasteiger partial charge in [-0.1, -0.05) is 18.2 Å². The van der Waals surface area contributed by atoms with Crippen molar-refractivity contribution in [2.45, 2.75) is 25.9 Å². The van der Waals surface area contributed by atoms with E-state index in [-0.39, 0.29) is 17.3 Å². The first kappa shape index (κ1) is 16.6. The summed E-state index contributed by atoms with van der Waals surface area (Å²) >= 11 is 0. The molecule has 0 N–H and O–H groups in total. The molecule has 1 aliphatic rings. The van der Waals surface area contributed by atoms with Gasteiger partial charge in [-0.3, -0.25) is 9.78 Å². The number of ether oxygens (including phenoxy) is 1. The van der Waals surface area contributed by atoms with Gasteiger partial charge in [-0.15, -0.1) is 0 Å². The van der Waals surface area contributed by atoms with Crippen molar-refractivity contribution in [2.24, 2.45) is 0 Å². The number of nitrogens with zero attached hydrogens (tertiary/aromatic N) is 2. The van der Waals surface area contributed by atoms with E-state index in [1.807, 2.05) is 26.0 Å². The molecule has 0 atom stereocenters. The zero-order valence-corrected chi connectivity index (χ0v) is 14.0. The number of hydrogen-bond acceptors (Lipinski definition) is 3. The standard InChI is InChI=1S/C19H21FN2O2/c1-19(2)13-22(8-9-24-19)18(23)17-7-6-15(12-21-17)10-14-4-3-5-16(20)11-14/h3-7,11-12H,8-10,13H2,1-2H3. The topological polar surface area (TPSA) is 42.4 Å². The first-order valence-corrected chi connectivity index (χ1v) is 8.06. The summed E-state index contributed by atoms with van der Waals surface area (Å²) in [5.41, 5.74) is 1.92. The number of morpholine rings is 1. The van der Waals surface area contributed by atoms with Crippen LogP contribution in [0.3, 0.4) is 0 Å². The second-order valence-electron chi connectivity index (χ2n) is 6.69. The van der Waals surface area contributed by atoms with E-state index < -0.39 is 0 Å². The maximum absolute atomic E-state index is 13.2. The van der Waals surface area contributed by atoms with Gasteiger partial charge >= 0.3 is 0 Å². The summed E-state index contributed by atoms with van der Waals surface area (Å²) in [6.45, 7) is 5.62. The van der Waals surface area contributed by atoms with Gasteiger partial charge in [0.1, 0.15) is 11.5 Å². The first-order chi connectivity index (χ1) is 11.4. The van der Waals surface area contributed by atoms with Crippen molar-refractivity contribution in [3.8, 4) is 0 Å². The third-order valence-corrected chi connectivity index (χ3v) is 4.05. The van der Waals surface area contributed by atoms with E-state index in [1.54, 1.807) is 23.2 Å². The number of rotatable bonds is 3. The Kier molecular flexibility index (Phi) is 4.62. The van der Waals surface area contributed by atoms with Crippen molar-refractivity contribution >= 4 is 5.91 Å². The molecule has 0 aliphatic carbocycles. The third kappa shape index (κ3) is 3.97. The van der Waals surface area contributed by atoms with E-state index in [0.717, 1.165) is 11.1 Å². The molecular formula is C19H21FN2O2. The number of benzene rings is 1. The molecule has 1 amide bonds. The van der Waals surface area contributed by atoms with E-state index in [9.17, 15) is 9.18 Å². The Labute approximate surface area is 141 Å². The average Bonchev–Trinajstić information content (AvgIpc) is 2.54. The summed E-state index contributed by atoms with van der Waals surface area (Å²) < 4.78 is 18.9. The number of aromatic nitrogens is 1. The van der Waals surface area contributed by atoms with Gasteiger partial charge in [0, 0.05) is 19.3 Å². The van der Waals surface area contributed by atoms with Gasteiger partial charge in [0.05, 0.1) is 12.2 Å². The monoisotopic (exact) mass is 328 g/mol. The molecule has 4 nitrogen and oxygen atoms in total. The van der Waals surface area contributed by atoms with Crippen LogP contribution in [-0.4, -0.2) is 41.1 Å². The molecule has 0 spiro atoms. The molecule has 1 aromatic heterocycles. The van der Waals surface area contributed by atoms with Gasteiger partial charge < -0.3 is 9.64 Å². The van der Waals surface area contributed by atoms with E-state index in [4.69, 9.17) is 4.74 Å². The largest absolute Gasteiger partial charge is 0.372 e. The molecule has 2 heterocycles. The number of hydrogen-bond donors (Lipinski definition) is 0. The lowest BCUT2D eigenvalue weighted by Gasteiger charge is -2.37. The Balaban J connectivity index is 1.69. The number of pyridine rings is 1. The Morgan fingerprint density at radius 3 is 2.79 bits per heavy atom. The average molecular weight is 328 g/mol. The third-order valence-electron chi connectivity index (χ3n) is 4.05. The highest BCUT2D eigenvalue weighted by molar-refractivity contribution is 5.92. The molecule has 24 heavy (non-hydrogen) atoms. The maximum Gasteiger partial charge on any atom is 0.272 e. The highest BCUT2D eigenvalue weighted by Crippen LogP contribution is 2.18. The molecule has 1 saturated heterocycles. The van der Waals surface area contributed by atoms with Crippen molar-refractivity contribution in [1.82, 2.24) is 9.88 Å². The van der Waals surface area contributed by atoms with E-state index >= 15 is 0 Å². The van der Waals surface area contributed by atoms with Crippen LogP contribution in [0, 0.1) is 5.82 Å². The second-order valence-corrected chi connectivity index (χ2v) is 6.69. The number of amides is 1. The summed E-state index contributed by atoms with van der Waals surface area (Å²) in [7, 11) is 0. The summed E-state index contributed by atoms with van der Waals surface area (Å²) in [5, 5.41) is 0. The lowest BCUT2D eigenvalue weighted by atomic mass is 10.1. The van der Waals surface area contributed by atoms with E-state index in [0.29, 0.717) is 31.8 Å². The van der Waals surface area contributed by atoms with Crippen LogP contribution in [0.1, 0.15) is 35.5 Å². The molecule has 0 bridgehead atoms. The molecule has 0 saturated carbocycles. The normalized spacial score (nSPS) is 16.9. The van der Waals surface area contributed by atoms with Gasteiger partial charge in [0.15, 0.2) is 0 Å². The van der Waals surface area contributed by atoms with Crippen LogP contribution in [0.25, 0.3) is 0 Å². The zero-order valence-electron chi connectivity index (χ0n) is 14.0. The molecule has 3 rings (SSSR count). The van der Waals surface area contributed by atoms with E-state index in [1.165, 1.54) is 12.1 Å². The fourth-order valence-electron chi connectivity index (χ4n) is 2.89. The smallest absolute Gasteiger partial charge is 0.272 e. The number of carbonyl (C=O) groups excluding carboxylic acids is 1. The molecule has 0 unspecified atom stereocenters. The minimum atomic E-state index is -0.328. The SMILES string of the molecule is CC1(C)CN(C(=O)c2ccc(Cc3cccc(F)c3)cn2)CCO1. The van der Waals surface area contributed by atoms with Crippen LogP contribution in [-0.2, 0) is 11.2 Å². The predicted octanol–water partition coefficient (Wildman–Crippen LogP) is 3.06. The molecular weight excluding hydrogens is 307 g/mol. The molecule has 1 fully saturated rings. The maximum atomic E-state index is 13.2. The summed E-state index contributed by atoms with van der Waals surface area (Å²) in [6, 6.07) is 10.1. The van der Waals surface area contributed by atoms with Gasteiger partial charge in [0.2, 0.25) is 0 Å². The Morgan fingerprint density at radius 2 is 2.12 bits per heavy atom. The Morgan fingerprint density at radius 1 is 1.29 bits per heavy atom. The van der Waals surface area contributed by atoms with Crippen molar-refractivity contribution in [1.29, 1.82) is 0 Å². The van der Waals surface area contributed by atoms with Crippen LogP contribution in [0.5, 0.6) is 0 Å². The van der Waals surface area contributed by atoms with E-state index in [2.05, 4.69) is 4.98 Å². The molecule has 2 aromatic rings. The summed E-state index contributed by atoms with van der Waals surface area (Å²) in [5.74, 6) is -0.328. The number of carbonyl (C=O) groups is 1. The fourth-order valence-corrected chi connectivity index (χ4v) is 2.89. The minimum absolute atomic E-state index is 0.0799. The van der Waals surface area contributed by atoms with Crippen LogP contribution in [0.15, 0.2) is 42.6 Å². The van der Waals surface area contributed by atoms with Gasteiger partial charge in [0.25, 0.3) is 5.91 Å². The first-order valence-electron chi connectivity index (χ1n) is 8.06. The van der Waals surface area contributed by atoms with Crippen molar-refractivity contribution in [3.63, 3.8) is 0 Å². The van der Waals surface area contributed by atoms with Gasteiger partial charge in [-0.25, -0.2) is 4.39 Å². The molecule has 1 aromatic carbocycles. The Bertz CT molecular complexity index is 728. The van der Waals surface area contributed by atoms with Crippen molar-refractivity contribution in [2.75, 3.05) is 19.7 Å². The quantitative estimate of drug-likeness (QED) is 0.870. The minimum Gasteiger partial charge on any atom is -0.372 e. The molecule has 126 valence electrons. The zero-order chi connectivity index (χ0) is 17.2. The Hall–Kier alpha value is -2.27. The summed E-state index contributed by atoms with van der Waals surface area (Å²) in [4.78, 5) is 18.6. The summed E-state index contributed by atoms with van der Waals surface area (Å²) in [6.07, 6.45) is 2.27. The van der Waals surface area contributed by atoms with Crippen LogP contribution in [0.4, 0.5) is 4.39 Å². The van der Waals surface area contributed by atoms with Crippen LogP contribution >= 0.6 is 0 Å². The molecule has 1 aliphatic heterocycles. The molecule has 0 radical (unpaired) electrons. The highest BCUT2D eigenvalue weighted by Gasteiger charge is 2.30. The molecule has 5 heteroatoms. The lowest BCUT2D eigenvalue weighted by Crippen LogP contribution is -2.50. The van der Waals surface area contributed by atoms with Crippen molar-refractivity contribution in [3.05, 3.63) is 65.2 Å². The van der Waals surface area contributed by atoms with Crippen LogP contribution in [0.2, 0.25) is 0 Å².